The Bertz CT molecular complexity index is 612. The van der Waals surface area contributed by atoms with E-state index in [2.05, 4.69) is 36.3 Å². The van der Waals surface area contributed by atoms with Gasteiger partial charge in [0.15, 0.2) is 5.96 Å². The normalized spacial score (nSPS) is 18.1. The highest BCUT2D eigenvalue weighted by molar-refractivity contribution is 14.0. The monoisotopic (exact) mass is 522 g/mol. The fourth-order valence-electron chi connectivity index (χ4n) is 3.52. The number of hydrogen-bond donors (Lipinski definition) is 2. The van der Waals surface area contributed by atoms with Crippen LogP contribution in [0, 0.1) is 11.7 Å². The van der Waals surface area contributed by atoms with Crippen LogP contribution in [-0.4, -0.2) is 49.3 Å². The third-order valence-corrected chi connectivity index (χ3v) is 5.66. The summed E-state index contributed by atoms with van der Waals surface area (Å²) in [5.41, 5.74) is 2.12. The minimum atomic E-state index is -0.177. The van der Waals surface area contributed by atoms with Crippen molar-refractivity contribution in [3.05, 3.63) is 35.1 Å². The zero-order valence-corrected chi connectivity index (χ0v) is 20.8. The fraction of sp³-hybridized carbons (Fsp3) is 0.667. The standard InChI is InChI=1S/C21H35FN4S.HI/c1-5-23-21(24-12-17-7-6-10-26(14-17)16(2)3)25-13-18-8-9-20(22)11-19(18)15-27-4;/h8-9,11,16-17H,5-7,10,12-15H2,1-4H3,(H2,23,24,25);1H. The first-order valence-electron chi connectivity index (χ1n) is 10.1. The van der Waals surface area contributed by atoms with Gasteiger partial charge in [0, 0.05) is 31.4 Å². The number of benzene rings is 1. The Morgan fingerprint density at radius 3 is 2.79 bits per heavy atom. The van der Waals surface area contributed by atoms with Crippen molar-refractivity contribution in [1.82, 2.24) is 15.5 Å². The van der Waals surface area contributed by atoms with Gasteiger partial charge in [0.05, 0.1) is 6.54 Å². The molecular weight excluding hydrogens is 486 g/mol. The highest BCUT2D eigenvalue weighted by Crippen LogP contribution is 2.19. The predicted octanol–water partition coefficient (Wildman–Crippen LogP) is 4.48. The first-order chi connectivity index (χ1) is 13.0. The van der Waals surface area contributed by atoms with Crippen LogP contribution in [0.1, 0.15) is 44.7 Å². The lowest BCUT2D eigenvalue weighted by Gasteiger charge is -2.35. The number of nitrogens with one attached hydrogen (secondary N) is 2. The molecule has 160 valence electrons. The molecule has 2 N–H and O–H groups in total. The van der Waals surface area contributed by atoms with Crippen LogP contribution in [0.25, 0.3) is 0 Å². The molecule has 28 heavy (non-hydrogen) atoms. The number of aliphatic imine (C=N–C) groups is 1. The molecule has 0 saturated carbocycles. The van der Waals surface area contributed by atoms with Crippen LogP contribution in [0.4, 0.5) is 4.39 Å². The molecule has 0 aliphatic carbocycles. The number of guanidine groups is 1. The van der Waals surface area contributed by atoms with Crippen LogP contribution in [0.5, 0.6) is 0 Å². The van der Waals surface area contributed by atoms with Gasteiger partial charge in [-0.2, -0.15) is 11.8 Å². The van der Waals surface area contributed by atoms with Crippen molar-refractivity contribution in [3.63, 3.8) is 0 Å². The number of thioether (sulfide) groups is 1. The van der Waals surface area contributed by atoms with E-state index in [4.69, 9.17) is 4.99 Å². The molecule has 0 spiro atoms. The molecular formula is C21H36FIN4S. The third-order valence-electron chi connectivity index (χ3n) is 5.06. The molecule has 1 aliphatic heterocycles. The van der Waals surface area contributed by atoms with E-state index in [0.717, 1.165) is 42.5 Å². The van der Waals surface area contributed by atoms with E-state index in [9.17, 15) is 4.39 Å². The molecule has 0 radical (unpaired) electrons. The summed E-state index contributed by atoms with van der Waals surface area (Å²) in [5.74, 6) is 2.13. The lowest BCUT2D eigenvalue weighted by Crippen LogP contribution is -2.46. The quantitative estimate of drug-likeness (QED) is 0.300. The maximum atomic E-state index is 13.5. The van der Waals surface area contributed by atoms with Crippen molar-refractivity contribution in [2.24, 2.45) is 10.9 Å². The summed E-state index contributed by atoms with van der Waals surface area (Å²) < 4.78 is 13.5. The van der Waals surface area contributed by atoms with E-state index in [0.29, 0.717) is 18.5 Å². The Morgan fingerprint density at radius 2 is 2.11 bits per heavy atom. The largest absolute Gasteiger partial charge is 0.357 e. The molecule has 1 saturated heterocycles. The lowest BCUT2D eigenvalue weighted by atomic mass is 9.97. The summed E-state index contributed by atoms with van der Waals surface area (Å²) in [6.45, 7) is 11.3. The first kappa shape index (κ1) is 25.5. The molecule has 2 rings (SSSR count). The van der Waals surface area contributed by atoms with Crippen LogP contribution in [0.2, 0.25) is 0 Å². The second-order valence-corrected chi connectivity index (χ2v) is 8.39. The van der Waals surface area contributed by atoms with E-state index in [1.807, 2.05) is 12.3 Å². The predicted molar refractivity (Wildman–Crippen MR) is 131 cm³/mol. The molecule has 7 heteroatoms. The average molecular weight is 523 g/mol. The molecule has 1 aliphatic rings. The molecule has 1 aromatic rings. The summed E-state index contributed by atoms with van der Waals surface area (Å²) in [6, 6.07) is 5.63. The minimum Gasteiger partial charge on any atom is -0.357 e. The maximum Gasteiger partial charge on any atom is 0.191 e. The van der Waals surface area contributed by atoms with Gasteiger partial charge in [0.2, 0.25) is 0 Å². The zero-order valence-electron chi connectivity index (χ0n) is 17.6. The van der Waals surface area contributed by atoms with Gasteiger partial charge >= 0.3 is 0 Å². The van der Waals surface area contributed by atoms with E-state index < -0.39 is 0 Å². The van der Waals surface area contributed by atoms with Gasteiger partial charge in [0.25, 0.3) is 0 Å². The SMILES string of the molecule is CCNC(=NCc1ccc(F)cc1CSC)NCC1CCCN(C(C)C)C1.I. The molecule has 1 atom stereocenters. The number of halogens is 2. The first-order valence-corrected chi connectivity index (χ1v) is 11.4. The number of nitrogens with zero attached hydrogens (tertiary/aromatic N) is 2. The Kier molecular flexibility index (Phi) is 12.4. The van der Waals surface area contributed by atoms with E-state index >= 15 is 0 Å². The topological polar surface area (TPSA) is 39.7 Å². The number of rotatable bonds is 8. The van der Waals surface area contributed by atoms with Crippen molar-refractivity contribution < 1.29 is 4.39 Å². The maximum absolute atomic E-state index is 13.5. The smallest absolute Gasteiger partial charge is 0.191 e. The van der Waals surface area contributed by atoms with Crippen molar-refractivity contribution in [2.75, 3.05) is 32.4 Å². The van der Waals surface area contributed by atoms with Crippen LogP contribution in [0.3, 0.4) is 0 Å². The zero-order chi connectivity index (χ0) is 19.6. The molecule has 0 bridgehead atoms. The number of likely N-dealkylation sites (tertiary alicyclic amines) is 1. The van der Waals surface area contributed by atoms with Crippen LogP contribution in [-0.2, 0) is 12.3 Å². The van der Waals surface area contributed by atoms with Crippen LogP contribution >= 0.6 is 35.7 Å². The molecule has 1 heterocycles. The molecule has 1 fully saturated rings. The van der Waals surface area contributed by atoms with Crippen molar-refractivity contribution in [2.45, 2.75) is 52.0 Å². The minimum absolute atomic E-state index is 0. The van der Waals surface area contributed by atoms with Gasteiger partial charge in [-0.25, -0.2) is 9.38 Å². The van der Waals surface area contributed by atoms with Gasteiger partial charge in [0.1, 0.15) is 5.82 Å². The third kappa shape index (κ3) is 8.45. The second kappa shape index (κ2) is 13.6. The fourth-order valence-corrected chi connectivity index (χ4v) is 4.10. The summed E-state index contributed by atoms with van der Waals surface area (Å²) >= 11 is 1.70. The Morgan fingerprint density at radius 1 is 1.32 bits per heavy atom. The molecule has 1 aromatic carbocycles. The Balaban J connectivity index is 0.00000392. The summed E-state index contributed by atoms with van der Waals surface area (Å²) in [5, 5.41) is 6.85. The van der Waals surface area contributed by atoms with Crippen LogP contribution in [0.15, 0.2) is 23.2 Å². The molecule has 0 aromatic heterocycles. The lowest BCUT2D eigenvalue weighted by molar-refractivity contribution is 0.141. The second-order valence-electron chi connectivity index (χ2n) is 7.52. The number of hydrogen-bond acceptors (Lipinski definition) is 3. The van der Waals surface area contributed by atoms with Crippen LogP contribution < -0.4 is 10.6 Å². The van der Waals surface area contributed by atoms with Crippen molar-refractivity contribution >= 4 is 41.7 Å². The van der Waals surface area contributed by atoms with E-state index in [1.165, 1.54) is 25.5 Å². The van der Waals surface area contributed by atoms with Gasteiger partial charge in [-0.1, -0.05) is 6.07 Å². The average Bonchev–Trinajstić information content (AvgIpc) is 2.65. The highest BCUT2D eigenvalue weighted by atomic mass is 127. The van der Waals surface area contributed by atoms with E-state index in [-0.39, 0.29) is 29.8 Å². The van der Waals surface area contributed by atoms with Gasteiger partial charge < -0.3 is 15.5 Å². The Hall–Kier alpha value is -0.540. The van der Waals surface area contributed by atoms with Gasteiger partial charge in [-0.3, -0.25) is 0 Å². The van der Waals surface area contributed by atoms with E-state index in [1.54, 1.807) is 17.8 Å². The summed E-state index contributed by atoms with van der Waals surface area (Å²) in [4.78, 5) is 7.31. The highest BCUT2D eigenvalue weighted by Gasteiger charge is 2.21. The summed E-state index contributed by atoms with van der Waals surface area (Å²) in [7, 11) is 0. The molecule has 0 amide bonds. The number of piperidine rings is 1. The Labute approximate surface area is 191 Å². The van der Waals surface area contributed by atoms with Crippen molar-refractivity contribution in [1.29, 1.82) is 0 Å². The molecule has 4 nitrogen and oxygen atoms in total. The van der Waals surface area contributed by atoms with Gasteiger partial charge in [-0.15, -0.1) is 24.0 Å². The molecule has 1 unspecified atom stereocenters. The van der Waals surface area contributed by atoms with Gasteiger partial charge in [-0.05, 0) is 75.6 Å². The van der Waals surface area contributed by atoms with Crippen molar-refractivity contribution in [3.8, 4) is 0 Å². The summed E-state index contributed by atoms with van der Waals surface area (Å²) in [6.07, 6.45) is 4.57.